The molecule has 12 heavy (non-hydrogen) atoms. The van der Waals surface area contributed by atoms with Gasteiger partial charge in [-0.25, -0.2) is 9.78 Å². The van der Waals surface area contributed by atoms with Gasteiger partial charge in [0.25, 0.3) is 0 Å². The van der Waals surface area contributed by atoms with Gasteiger partial charge in [0.05, 0.1) is 14.2 Å². The van der Waals surface area contributed by atoms with Crippen LogP contribution in [0.3, 0.4) is 0 Å². The van der Waals surface area contributed by atoms with E-state index in [1.54, 1.807) is 0 Å². The average Bonchev–Trinajstić information content (AvgIpc) is 2.16. The predicted octanol–water partition coefficient (Wildman–Crippen LogP) is -0.693. The van der Waals surface area contributed by atoms with Crippen LogP contribution in [0.15, 0.2) is 0 Å². The Kier molecular flexibility index (Phi) is 565. The van der Waals surface area contributed by atoms with E-state index in [9.17, 15) is 0 Å². The molecule has 0 aliphatic rings. The molecule has 0 saturated carbocycles. The Morgan fingerprint density at radius 1 is 0.833 bits per heavy atom. The van der Waals surface area contributed by atoms with Crippen LogP contribution in [0.4, 0.5) is 0 Å². The molecule has 0 unspecified atom stereocenters. The molecular weight excluding hydrogens is 208 g/mol. The molecule has 0 bridgehead atoms. The molecule has 0 aliphatic carbocycles. The van der Waals surface area contributed by atoms with Gasteiger partial charge < -0.3 is 10.2 Å². The molecule has 0 rings (SSSR count). The monoisotopic (exact) mass is 224 g/mol. The van der Waals surface area contributed by atoms with Gasteiger partial charge in [0.1, 0.15) is 0 Å². The Labute approximate surface area is 83.1 Å². The summed E-state index contributed by atoms with van der Waals surface area (Å²) in [5, 5.41) is 28.1. The Morgan fingerprint density at radius 2 is 0.833 bits per heavy atom. The summed E-state index contributed by atoms with van der Waals surface area (Å²) in [5.41, 5.74) is 0. The molecule has 0 amide bonds. The van der Waals surface area contributed by atoms with Crippen molar-refractivity contribution < 1.29 is 54.2 Å². The van der Waals surface area contributed by atoms with Crippen LogP contribution in [0.25, 0.3) is 0 Å². The van der Waals surface area contributed by atoms with E-state index >= 15 is 0 Å². The maximum atomic E-state index is 8.25. The molecule has 4 N–H and O–H groups in total. The summed E-state index contributed by atoms with van der Waals surface area (Å²) in [6.07, 6.45) is 0. The minimum absolute atomic E-state index is 0.750. The Hall–Kier alpha value is 0.274. The number of aliphatic hydroxyl groups excluding tert-OH is 2. The van der Waals surface area contributed by atoms with Crippen molar-refractivity contribution in [3.63, 3.8) is 0 Å². The van der Waals surface area contributed by atoms with Crippen LogP contribution in [0.2, 0.25) is 0 Å². The number of aliphatic hydroxyl groups is 2. The first-order chi connectivity index (χ1) is 5.83. The molecule has 0 aliphatic heterocycles. The number of hydrogen-bond donors (Lipinski definition) is 4. The Balaban J connectivity index is -0.0000000174. The molecule has 78 valence electrons. The summed E-state index contributed by atoms with van der Waals surface area (Å²) in [6.45, 7) is 0. The van der Waals surface area contributed by atoms with Crippen molar-refractivity contribution >= 4 is 0 Å². The normalized spacial score (nSPS) is 4.25. The number of hydrogen-bond acceptors (Lipinski definition) is 7. The van der Waals surface area contributed by atoms with E-state index < -0.39 is 0 Å². The van der Waals surface area contributed by atoms with E-state index in [0.29, 0.717) is 0 Å². The zero-order chi connectivity index (χ0) is 11.4. The third kappa shape index (κ3) is 11700. The quantitative estimate of drug-likeness (QED) is 0.244. The summed E-state index contributed by atoms with van der Waals surface area (Å²) < 4.78 is 8.25. The zero-order valence-electron chi connectivity index (χ0n) is 7.51. The molecule has 0 atom stereocenters. The Bertz CT molecular complexity index is 22.9. The molecule has 0 aromatic heterocycles. The fourth-order valence-electron chi connectivity index (χ4n) is 0. The van der Waals surface area contributed by atoms with Gasteiger partial charge in [0.15, 0.2) is 0 Å². The van der Waals surface area contributed by atoms with Crippen molar-refractivity contribution in [1.29, 1.82) is 0 Å². The van der Waals surface area contributed by atoms with Gasteiger partial charge in [-0.1, -0.05) is 0 Å². The van der Waals surface area contributed by atoms with E-state index in [1.807, 2.05) is 0 Å². The fraction of sp³-hybridized carbons (Fsp3) is 1.00. The summed E-state index contributed by atoms with van der Waals surface area (Å²) in [4.78, 5) is 6.50. The van der Waals surface area contributed by atoms with Crippen LogP contribution in [0, 0.1) is 0 Å². The van der Waals surface area contributed by atoms with E-state index in [0.717, 1.165) is 34.6 Å². The summed E-state index contributed by atoms with van der Waals surface area (Å²) >= 11 is 0.750. The van der Waals surface area contributed by atoms with Gasteiger partial charge in [-0.15, -0.1) is 0 Å². The van der Waals surface area contributed by atoms with Crippen LogP contribution < -0.4 is 0 Å². The number of rotatable bonds is 0. The van der Waals surface area contributed by atoms with Crippen molar-refractivity contribution in [3.05, 3.63) is 0 Å². The fourth-order valence-corrected chi connectivity index (χ4v) is 0. The maximum absolute atomic E-state index is 8.25. The van der Waals surface area contributed by atoms with E-state index in [2.05, 4.69) is 9.78 Å². The molecular formula is C4H16O7Ti. The molecule has 0 aromatic carbocycles. The molecule has 0 radical (unpaired) electrons. The second-order valence-corrected chi connectivity index (χ2v) is 0.365. The SMILES string of the molecule is CO.CO.COO.COO.[O]=[Ti]. The average molecular weight is 224 g/mol. The van der Waals surface area contributed by atoms with Crippen molar-refractivity contribution in [2.45, 2.75) is 0 Å². The second-order valence-electron chi connectivity index (χ2n) is 0.365. The van der Waals surface area contributed by atoms with Crippen LogP contribution in [-0.2, 0) is 33.5 Å². The van der Waals surface area contributed by atoms with Gasteiger partial charge in [0, 0.05) is 14.2 Å². The molecule has 0 heterocycles. The molecule has 8 heteroatoms. The van der Waals surface area contributed by atoms with E-state index in [-0.39, 0.29) is 0 Å². The Morgan fingerprint density at radius 3 is 0.833 bits per heavy atom. The first kappa shape index (κ1) is 29.5. The predicted molar refractivity (Wildman–Crippen MR) is 36.2 cm³/mol. The summed E-state index contributed by atoms with van der Waals surface area (Å²) in [5.74, 6) is 0. The zero-order valence-corrected chi connectivity index (χ0v) is 9.08. The van der Waals surface area contributed by atoms with Crippen molar-refractivity contribution in [1.82, 2.24) is 0 Å². The van der Waals surface area contributed by atoms with Gasteiger partial charge in [-0.3, -0.25) is 10.5 Å². The summed E-state index contributed by atoms with van der Waals surface area (Å²) in [7, 11) is 4.36. The van der Waals surface area contributed by atoms with Crippen LogP contribution >= 0.6 is 0 Å². The third-order valence-electron chi connectivity index (χ3n) is 0. The van der Waals surface area contributed by atoms with Gasteiger partial charge in [-0.2, -0.15) is 0 Å². The van der Waals surface area contributed by atoms with Gasteiger partial charge >= 0.3 is 23.7 Å². The minimum atomic E-state index is 0.750. The van der Waals surface area contributed by atoms with E-state index in [4.69, 9.17) is 24.1 Å². The summed E-state index contributed by atoms with van der Waals surface area (Å²) in [6, 6.07) is 0. The molecule has 0 aromatic rings. The molecule has 0 saturated heterocycles. The molecule has 0 fully saturated rings. The molecule has 7 nitrogen and oxygen atoms in total. The first-order valence-corrected chi connectivity index (χ1v) is 2.92. The van der Waals surface area contributed by atoms with E-state index in [1.165, 1.54) is 14.2 Å². The van der Waals surface area contributed by atoms with Gasteiger partial charge in [0.2, 0.25) is 0 Å². The topological polar surface area (TPSA) is 116 Å². The van der Waals surface area contributed by atoms with Gasteiger partial charge in [-0.05, 0) is 0 Å². The van der Waals surface area contributed by atoms with Crippen LogP contribution in [0.1, 0.15) is 0 Å². The van der Waals surface area contributed by atoms with Crippen molar-refractivity contribution in [3.8, 4) is 0 Å². The van der Waals surface area contributed by atoms with Crippen LogP contribution in [0.5, 0.6) is 0 Å². The molecule has 0 spiro atoms. The van der Waals surface area contributed by atoms with Crippen LogP contribution in [-0.4, -0.2) is 49.2 Å². The second kappa shape index (κ2) is 230. The standard InChI is InChI=1S/2CH4O2.2CH4O.O.Ti/c2*1-3-2;2*1-2;;/h2*2H,1H3;2*2H,1H3;;. The third-order valence-corrected chi connectivity index (χ3v) is 0. The van der Waals surface area contributed by atoms with Crippen molar-refractivity contribution in [2.24, 2.45) is 0 Å². The van der Waals surface area contributed by atoms with Crippen molar-refractivity contribution in [2.75, 3.05) is 28.4 Å². The first-order valence-electron chi connectivity index (χ1n) is 2.28.